The average Bonchev–Trinajstić information content (AvgIpc) is 2.95. The molecule has 1 N–H and O–H groups in total. The van der Waals surface area contributed by atoms with E-state index in [1.165, 1.54) is 27.1 Å². The number of nitrogens with one attached hydrogen (secondary N) is 1. The fourth-order valence-corrected chi connectivity index (χ4v) is 2.56. The number of rotatable bonds is 6. The second-order valence-corrected chi connectivity index (χ2v) is 7.09. The summed E-state index contributed by atoms with van der Waals surface area (Å²) in [5.74, 6) is 0.827. The van der Waals surface area contributed by atoms with Crippen LogP contribution in [-0.2, 0) is 21.4 Å². The van der Waals surface area contributed by atoms with E-state index in [0.29, 0.717) is 17.2 Å². The van der Waals surface area contributed by atoms with Crippen molar-refractivity contribution in [3.63, 3.8) is 0 Å². The Morgan fingerprint density at radius 3 is 2.39 bits per heavy atom. The summed E-state index contributed by atoms with van der Waals surface area (Å²) in [7, 11) is -0.715. The molecule has 7 nitrogen and oxygen atoms in total. The molecule has 0 saturated carbocycles. The van der Waals surface area contributed by atoms with E-state index in [4.69, 9.17) is 9.15 Å². The number of nitrogens with zero attached hydrogens (tertiary/aromatic N) is 1. The molecule has 0 saturated heterocycles. The summed E-state index contributed by atoms with van der Waals surface area (Å²) in [6, 6.07) is 9.77. The first-order valence-electron chi connectivity index (χ1n) is 6.81. The van der Waals surface area contributed by atoms with Crippen molar-refractivity contribution < 1.29 is 22.4 Å². The number of furan rings is 1. The SMILES string of the molecule is CC(=O)Nc1ccc(OCc2ccc(S(=O)(=O)N(C)C)o2)cc1. The zero-order chi connectivity index (χ0) is 17.0. The summed E-state index contributed by atoms with van der Waals surface area (Å²) < 4.78 is 35.7. The van der Waals surface area contributed by atoms with E-state index in [1.807, 2.05) is 0 Å². The van der Waals surface area contributed by atoms with Crippen LogP contribution in [0.2, 0.25) is 0 Å². The zero-order valence-electron chi connectivity index (χ0n) is 13.1. The molecule has 0 aliphatic rings. The maximum absolute atomic E-state index is 11.9. The van der Waals surface area contributed by atoms with Gasteiger partial charge in [-0.05, 0) is 36.4 Å². The Morgan fingerprint density at radius 2 is 1.83 bits per heavy atom. The van der Waals surface area contributed by atoms with E-state index in [2.05, 4.69) is 5.32 Å². The minimum atomic E-state index is -3.59. The predicted molar refractivity (Wildman–Crippen MR) is 84.7 cm³/mol. The van der Waals surface area contributed by atoms with Crippen LogP contribution in [0.4, 0.5) is 5.69 Å². The number of benzene rings is 1. The Balaban J connectivity index is 1.99. The lowest BCUT2D eigenvalue weighted by molar-refractivity contribution is -0.114. The predicted octanol–water partition coefficient (Wildman–Crippen LogP) is 2.07. The first kappa shape index (κ1) is 17.0. The number of hydrogen-bond donors (Lipinski definition) is 1. The molecule has 0 bridgehead atoms. The molecule has 2 aromatic rings. The normalized spacial score (nSPS) is 11.5. The highest BCUT2D eigenvalue weighted by atomic mass is 32.2. The Labute approximate surface area is 134 Å². The van der Waals surface area contributed by atoms with Gasteiger partial charge in [-0.3, -0.25) is 4.79 Å². The second-order valence-electron chi connectivity index (χ2n) is 5.00. The lowest BCUT2D eigenvalue weighted by atomic mass is 10.3. The quantitative estimate of drug-likeness (QED) is 0.871. The monoisotopic (exact) mass is 338 g/mol. The van der Waals surface area contributed by atoms with Crippen LogP contribution in [0.1, 0.15) is 12.7 Å². The highest BCUT2D eigenvalue weighted by Gasteiger charge is 2.21. The Hall–Kier alpha value is -2.32. The summed E-state index contributed by atoms with van der Waals surface area (Å²) in [6.07, 6.45) is 0. The van der Waals surface area contributed by atoms with Crippen molar-refractivity contribution in [3.05, 3.63) is 42.2 Å². The third-order valence-electron chi connectivity index (χ3n) is 2.93. The molecule has 1 amide bonds. The van der Waals surface area contributed by atoms with Crippen molar-refractivity contribution in [3.8, 4) is 5.75 Å². The van der Waals surface area contributed by atoms with Crippen molar-refractivity contribution in [2.75, 3.05) is 19.4 Å². The van der Waals surface area contributed by atoms with Gasteiger partial charge in [0.2, 0.25) is 11.0 Å². The van der Waals surface area contributed by atoms with E-state index < -0.39 is 10.0 Å². The van der Waals surface area contributed by atoms with E-state index in [1.54, 1.807) is 30.3 Å². The second kappa shape index (κ2) is 6.84. The Bertz CT molecular complexity index is 778. The van der Waals surface area contributed by atoms with Gasteiger partial charge in [-0.1, -0.05) is 0 Å². The maximum atomic E-state index is 11.9. The van der Waals surface area contributed by atoms with E-state index in [0.717, 1.165) is 4.31 Å². The molecule has 1 aromatic heterocycles. The van der Waals surface area contributed by atoms with Gasteiger partial charge in [0.15, 0.2) is 0 Å². The lowest BCUT2D eigenvalue weighted by Gasteiger charge is -2.08. The molecule has 0 aliphatic carbocycles. The molecule has 23 heavy (non-hydrogen) atoms. The standard InChI is InChI=1S/C15H18N2O5S/c1-11(18)16-12-4-6-13(7-5-12)21-10-14-8-9-15(22-14)23(19,20)17(2)3/h4-9H,10H2,1-3H3,(H,16,18). The number of anilines is 1. The largest absolute Gasteiger partial charge is 0.486 e. The highest BCUT2D eigenvalue weighted by molar-refractivity contribution is 7.88. The Morgan fingerprint density at radius 1 is 1.17 bits per heavy atom. The van der Waals surface area contributed by atoms with Gasteiger partial charge >= 0.3 is 0 Å². The molecule has 0 atom stereocenters. The molecule has 0 unspecified atom stereocenters. The molecule has 0 spiro atoms. The summed E-state index contributed by atoms with van der Waals surface area (Å²) >= 11 is 0. The van der Waals surface area contributed by atoms with Crippen LogP contribution in [0.3, 0.4) is 0 Å². The summed E-state index contributed by atoms with van der Waals surface area (Å²) in [6.45, 7) is 1.53. The molecule has 0 aliphatic heterocycles. The van der Waals surface area contributed by atoms with Gasteiger partial charge < -0.3 is 14.5 Å². The third-order valence-corrected chi connectivity index (χ3v) is 4.62. The van der Waals surface area contributed by atoms with Gasteiger partial charge in [-0.25, -0.2) is 12.7 Å². The summed E-state index contributed by atoms with van der Waals surface area (Å²) in [5.41, 5.74) is 0.669. The number of sulfonamides is 1. The van der Waals surface area contributed by atoms with E-state index in [9.17, 15) is 13.2 Å². The molecule has 1 heterocycles. The van der Waals surface area contributed by atoms with Gasteiger partial charge in [0.25, 0.3) is 10.0 Å². The summed E-state index contributed by atoms with van der Waals surface area (Å²) in [4.78, 5) is 10.9. The number of carbonyl (C=O) groups is 1. The smallest absolute Gasteiger partial charge is 0.275 e. The minimum absolute atomic E-state index is 0.0996. The van der Waals surface area contributed by atoms with Crippen molar-refractivity contribution >= 4 is 21.6 Å². The first-order chi connectivity index (χ1) is 10.8. The van der Waals surface area contributed by atoms with E-state index in [-0.39, 0.29) is 17.6 Å². The van der Waals surface area contributed by atoms with Crippen LogP contribution in [-0.4, -0.2) is 32.7 Å². The maximum Gasteiger partial charge on any atom is 0.275 e. The van der Waals surface area contributed by atoms with Crippen LogP contribution in [0, 0.1) is 0 Å². The molecular formula is C15H18N2O5S. The van der Waals surface area contributed by atoms with Crippen molar-refractivity contribution in [1.82, 2.24) is 4.31 Å². The van der Waals surface area contributed by atoms with Gasteiger partial charge in [0.1, 0.15) is 18.1 Å². The number of carbonyl (C=O) groups excluding carboxylic acids is 1. The van der Waals surface area contributed by atoms with Crippen molar-refractivity contribution in [1.29, 1.82) is 0 Å². The van der Waals surface area contributed by atoms with Crippen molar-refractivity contribution in [2.24, 2.45) is 0 Å². The molecule has 0 radical (unpaired) electrons. The number of hydrogen-bond acceptors (Lipinski definition) is 5. The molecule has 1 aromatic carbocycles. The highest BCUT2D eigenvalue weighted by Crippen LogP contribution is 2.20. The van der Waals surface area contributed by atoms with E-state index >= 15 is 0 Å². The molecule has 0 fully saturated rings. The Kier molecular flexibility index (Phi) is 5.07. The van der Waals surface area contributed by atoms with Crippen LogP contribution in [0.25, 0.3) is 0 Å². The van der Waals surface area contributed by atoms with Crippen LogP contribution < -0.4 is 10.1 Å². The lowest BCUT2D eigenvalue weighted by Crippen LogP contribution is -2.21. The molecule has 2 rings (SSSR count). The van der Waals surface area contributed by atoms with Gasteiger partial charge in [0, 0.05) is 26.7 Å². The van der Waals surface area contributed by atoms with Gasteiger partial charge in [0.05, 0.1) is 0 Å². The van der Waals surface area contributed by atoms with Crippen LogP contribution in [0.15, 0.2) is 45.9 Å². The van der Waals surface area contributed by atoms with Crippen LogP contribution in [0.5, 0.6) is 5.75 Å². The molecule has 8 heteroatoms. The average molecular weight is 338 g/mol. The fourth-order valence-electron chi connectivity index (χ4n) is 1.75. The summed E-state index contributed by atoms with van der Waals surface area (Å²) in [5, 5.41) is 2.53. The molecular weight excluding hydrogens is 320 g/mol. The van der Waals surface area contributed by atoms with Crippen molar-refractivity contribution in [2.45, 2.75) is 18.6 Å². The van der Waals surface area contributed by atoms with Gasteiger partial charge in [-0.15, -0.1) is 0 Å². The number of amides is 1. The number of ether oxygens (including phenoxy) is 1. The topological polar surface area (TPSA) is 88.8 Å². The van der Waals surface area contributed by atoms with Gasteiger partial charge in [-0.2, -0.15) is 0 Å². The minimum Gasteiger partial charge on any atom is -0.486 e. The first-order valence-corrected chi connectivity index (χ1v) is 8.25. The molecule has 124 valence electrons. The van der Waals surface area contributed by atoms with Crippen LogP contribution >= 0.6 is 0 Å². The third kappa shape index (κ3) is 4.33. The fraction of sp³-hybridized carbons (Fsp3) is 0.267. The zero-order valence-corrected chi connectivity index (χ0v) is 13.9.